The second-order valence-corrected chi connectivity index (χ2v) is 7.15. The molecule has 1 heterocycles. The molecule has 1 aliphatic heterocycles. The minimum Gasteiger partial charge on any atom is -0.490 e. The van der Waals surface area contributed by atoms with Crippen LogP contribution in [0.1, 0.15) is 24.3 Å². The number of rotatable bonds is 5. The summed E-state index contributed by atoms with van der Waals surface area (Å²) in [7, 11) is 0. The SMILES string of the molecule is O=C(NC1CC(Oc2ccc(F)cc2)C1)[C@@H]1CNC[C@H]1c1ccccc1. The molecule has 1 amide bonds. The standard InChI is InChI=1S/C21H23FN2O2/c22-15-6-8-17(9-7-15)26-18-10-16(11-18)24-21(25)20-13-23-12-19(20)14-4-2-1-3-5-14/h1-9,16,18-20,23H,10-13H2,(H,24,25)/t16?,18?,19-,20+/m0/s1. The topological polar surface area (TPSA) is 50.4 Å². The molecular formula is C21H23FN2O2. The molecule has 1 saturated carbocycles. The minimum absolute atomic E-state index is 0.0329. The van der Waals surface area contributed by atoms with Crippen LogP contribution in [-0.2, 0) is 4.79 Å². The third-order valence-electron chi connectivity index (χ3n) is 5.34. The highest BCUT2D eigenvalue weighted by atomic mass is 19.1. The Morgan fingerprint density at radius 1 is 1.04 bits per heavy atom. The van der Waals surface area contributed by atoms with E-state index in [-0.39, 0.29) is 35.7 Å². The summed E-state index contributed by atoms with van der Waals surface area (Å²) in [6.07, 6.45) is 1.66. The molecule has 26 heavy (non-hydrogen) atoms. The van der Waals surface area contributed by atoms with Gasteiger partial charge < -0.3 is 15.4 Å². The Kier molecular flexibility index (Phi) is 4.89. The van der Waals surface area contributed by atoms with E-state index < -0.39 is 0 Å². The van der Waals surface area contributed by atoms with Crippen LogP contribution >= 0.6 is 0 Å². The van der Waals surface area contributed by atoms with E-state index in [2.05, 4.69) is 22.8 Å². The number of carbonyl (C=O) groups excluding carboxylic acids is 1. The summed E-state index contributed by atoms with van der Waals surface area (Å²) < 4.78 is 18.7. The first-order valence-electron chi connectivity index (χ1n) is 9.17. The van der Waals surface area contributed by atoms with Crippen LogP contribution in [0.15, 0.2) is 54.6 Å². The van der Waals surface area contributed by atoms with Crippen LogP contribution < -0.4 is 15.4 Å². The fourth-order valence-electron chi connectivity index (χ4n) is 3.80. The lowest BCUT2D eigenvalue weighted by atomic mass is 9.85. The molecule has 0 radical (unpaired) electrons. The Balaban J connectivity index is 1.27. The van der Waals surface area contributed by atoms with Gasteiger partial charge in [0.15, 0.2) is 0 Å². The highest BCUT2D eigenvalue weighted by molar-refractivity contribution is 5.81. The molecule has 2 N–H and O–H groups in total. The largest absolute Gasteiger partial charge is 0.490 e. The van der Waals surface area contributed by atoms with E-state index in [1.54, 1.807) is 12.1 Å². The Labute approximate surface area is 152 Å². The minimum atomic E-state index is -0.269. The van der Waals surface area contributed by atoms with Gasteiger partial charge in [-0.15, -0.1) is 0 Å². The van der Waals surface area contributed by atoms with Gasteiger partial charge in [-0.2, -0.15) is 0 Å². The summed E-state index contributed by atoms with van der Waals surface area (Å²) in [5, 5.41) is 6.50. The Bertz CT molecular complexity index is 744. The van der Waals surface area contributed by atoms with Crippen LogP contribution in [0.25, 0.3) is 0 Å². The number of halogens is 1. The van der Waals surface area contributed by atoms with Crippen molar-refractivity contribution in [2.24, 2.45) is 5.92 Å². The van der Waals surface area contributed by atoms with E-state index in [0.29, 0.717) is 12.3 Å². The average molecular weight is 354 g/mol. The zero-order valence-electron chi connectivity index (χ0n) is 14.5. The molecule has 2 aromatic rings. The van der Waals surface area contributed by atoms with Crippen LogP contribution in [0, 0.1) is 11.7 Å². The van der Waals surface area contributed by atoms with Gasteiger partial charge in [0, 0.05) is 37.9 Å². The summed E-state index contributed by atoms with van der Waals surface area (Å²) in [6.45, 7) is 1.55. The molecule has 4 nitrogen and oxygen atoms in total. The van der Waals surface area contributed by atoms with Crippen molar-refractivity contribution in [1.29, 1.82) is 0 Å². The first-order chi connectivity index (χ1) is 12.7. The number of benzene rings is 2. The van der Waals surface area contributed by atoms with Crippen molar-refractivity contribution >= 4 is 5.91 Å². The molecule has 2 aromatic carbocycles. The molecule has 4 rings (SSSR count). The zero-order valence-corrected chi connectivity index (χ0v) is 14.5. The summed E-state index contributed by atoms with van der Waals surface area (Å²) in [5.41, 5.74) is 1.21. The van der Waals surface area contributed by atoms with Gasteiger partial charge in [-0.25, -0.2) is 4.39 Å². The Hall–Kier alpha value is -2.40. The van der Waals surface area contributed by atoms with E-state index in [4.69, 9.17) is 4.74 Å². The molecule has 1 saturated heterocycles. The Morgan fingerprint density at radius 2 is 1.77 bits per heavy atom. The maximum atomic E-state index is 12.9. The van der Waals surface area contributed by atoms with Gasteiger partial charge in [0.1, 0.15) is 17.7 Å². The maximum absolute atomic E-state index is 12.9. The van der Waals surface area contributed by atoms with Gasteiger partial charge >= 0.3 is 0 Å². The van der Waals surface area contributed by atoms with Gasteiger partial charge in [-0.3, -0.25) is 4.79 Å². The number of ether oxygens (including phenoxy) is 1. The lowest BCUT2D eigenvalue weighted by Crippen LogP contribution is -2.51. The molecule has 2 aliphatic rings. The highest BCUT2D eigenvalue weighted by Crippen LogP contribution is 2.30. The molecule has 1 aliphatic carbocycles. The lowest BCUT2D eigenvalue weighted by Gasteiger charge is -2.36. The van der Waals surface area contributed by atoms with Crippen molar-refractivity contribution in [2.75, 3.05) is 13.1 Å². The van der Waals surface area contributed by atoms with Crippen LogP contribution in [0.5, 0.6) is 5.75 Å². The molecule has 136 valence electrons. The summed E-state index contributed by atoms with van der Waals surface area (Å²) >= 11 is 0. The predicted octanol–water partition coefficient (Wildman–Crippen LogP) is 2.85. The van der Waals surface area contributed by atoms with E-state index in [1.165, 1.54) is 17.7 Å². The number of amides is 1. The third-order valence-corrected chi connectivity index (χ3v) is 5.34. The first kappa shape index (κ1) is 17.0. The van der Waals surface area contributed by atoms with Crippen LogP contribution in [-0.4, -0.2) is 31.1 Å². The molecule has 0 bridgehead atoms. The molecule has 0 aromatic heterocycles. The summed E-state index contributed by atoms with van der Waals surface area (Å²) in [6, 6.07) is 16.4. The first-order valence-corrected chi connectivity index (χ1v) is 9.17. The van der Waals surface area contributed by atoms with Crippen LogP contribution in [0.3, 0.4) is 0 Å². The second kappa shape index (κ2) is 7.46. The van der Waals surface area contributed by atoms with Gasteiger partial charge in [0.2, 0.25) is 5.91 Å². The van der Waals surface area contributed by atoms with Crippen molar-refractivity contribution < 1.29 is 13.9 Å². The van der Waals surface area contributed by atoms with E-state index in [9.17, 15) is 9.18 Å². The number of hydrogen-bond donors (Lipinski definition) is 2. The fourth-order valence-corrected chi connectivity index (χ4v) is 3.80. The van der Waals surface area contributed by atoms with Crippen molar-refractivity contribution in [3.05, 3.63) is 66.0 Å². The van der Waals surface area contributed by atoms with Crippen molar-refractivity contribution in [1.82, 2.24) is 10.6 Å². The van der Waals surface area contributed by atoms with E-state index in [0.717, 1.165) is 19.4 Å². The molecule has 2 fully saturated rings. The van der Waals surface area contributed by atoms with Gasteiger partial charge in [0.25, 0.3) is 0 Å². The quantitative estimate of drug-likeness (QED) is 0.868. The smallest absolute Gasteiger partial charge is 0.225 e. The molecule has 2 atom stereocenters. The van der Waals surface area contributed by atoms with Crippen LogP contribution in [0.4, 0.5) is 4.39 Å². The average Bonchev–Trinajstić information content (AvgIpc) is 3.12. The van der Waals surface area contributed by atoms with Crippen LogP contribution in [0.2, 0.25) is 0 Å². The van der Waals surface area contributed by atoms with Gasteiger partial charge in [-0.05, 0) is 29.8 Å². The molecule has 0 unspecified atom stereocenters. The second-order valence-electron chi connectivity index (χ2n) is 7.15. The Morgan fingerprint density at radius 3 is 2.50 bits per heavy atom. The number of carbonyl (C=O) groups is 1. The lowest BCUT2D eigenvalue weighted by molar-refractivity contribution is -0.126. The monoisotopic (exact) mass is 354 g/mol. The van der Waals surface area contributed by atoms with Gasteiger partial charge in [0.05, 0.1) is 5.92 Å². The van der Waals surface area contributed by atoms with E-state index in [1.807, 2.05) is 18.2 Å². The van der Waals surface area contributed by atoms with Crippen molar-refractivity contribution in [3.63, 3.8) is 0 Å². The third kappa shape index (κ3) is 3.73. The predicted molar refractivity (Wildman–Crippen MR) is 97.5 cm³/mol. The van der Waals surface area contributed by atoms with Gasteiger partial charge in [-0.1, -0.05) is 30.3 Å². The summed E-state index contributed by atoms with van der Waals surface area (Å²) in [5.74, 6) is 0.714. The molecule has 0 spiro atoms. The fraction of sp³-hybridized carbons (Fsp3) is 0.381. The van der Waals surface area contributed by atoms with Crippen molar-refractivity contribution in [3.8, 4) is 5.75 Å². The normalized spacial score (nSPS) is 27.6. The van der Waals surface area contributed by atoms with E-state index >= 15 is 0 Å². The number of nitrogens with one attached hydrogen (secondary N) is 2. The summed E-state index contributed by atoms with van der Waals surface area (Å²) in [4.78, 5) is 12.7. The maximum Gasteiger partial charge on any atom is 0.225 e. The van der Waals surface area contributed by atoms with Crippen molar-refractivity contribution in [2.45, 2.75) is 30.9 Å². The number of hydrogen-bond acceptors (Lipinski definition) is 3. The highest BCUT2D eigenvalue weighted by Gasteiger charge is 2.38. The molecule has 5 heteroatoms. The zero-order chi connectivity index (χ0) is 17.9. The molecular weight excluding hydrogens is 331 g/mol.